The molecule has 0 aliphatic rings. The smallest absolute Gasteiger partial charge is 0.328 e. The molecule has 5 nitrogen and oxygen atoms in total. The van der Waals surface area contributed by atoms with Crippen LogP contribution in [0, 0.1) is 6.92 Å². The average Bonchev–Trinajstić information content (AvgIpc) is 2.35. The van der Waals surface area contributed by atoms with Crippen molar-refractivity contribution in [1.82, 2.24) is 9.13 Å². The van der Waals surface area contributed by atoms with Crippen LogP contribution < -0.4 is 5.69 Å². The van der Waals surface area contributed by atoms with E-state index in [0.717, 1.165) is 5.69 Å². The van der Waals surface area contributed by atoms with Crippen LogP contribution in [0.2, 0.25) is 0 Å². The van der Waals surface area contributed by atoms with Gasteiger partial charge in [-0.1, -0.05) is 0 Å². The Bertz CT molecular complexity index is 414. The Balaban J connectivity index is 3.16. The van der Waals surface area contributed by atoms with Crippen molar-refractivity contribution < 1.29 is 9.53 Å². The number of carbonyl (C=O) groups excluding carboxylic acids is 1. The van der Waals surface area contributed by atoms with Crippen molar-refractivity contribution in [1.29, 1.82) is 0 Å². The summed E-state index contributed by atoms with van der Waals surface area (Å²) in [7, 11) is 4.66. The fourth-order valence-electron chi connectivity index (χ4n) is 1.38. The Morgan fingerprint density at radius 1 is 1.36 bits per heavy atom. The number of ether oxygens (including phenoxy) is 1. The molecule has 0 aromatic carbocycles. The predicted octanol–water partition coefficient (Wildman–Crippen LogP) is -0.252. The Labute approximate surface area is 81.9 Å². The van der Waals surface area contributed by atoms with E-state index >= 15 is 0 Å². The van der Waals surface area contributed by atoms with E-state index in [0.29, 0.717) is 5.69 Å². The number of rotatable bonds is 2. The maximum atomic E-state index is 11.5. The van der Waals surface area contributed by atoms with Gasteiger partial charge in [0.2, 0.25) is 0 Å². The Morgan fingerprint density at radius 3 is 2.29 bits per heavy atom. The van der Waals surface area contributed by atoms with E-state index in [1.54, 1.807) is 21.0 Å². The van der Waals surface area contributed by atoms with Crippen molar-refractivity contribution in [2.24, 2.45) is 14.1 Å². The van der Waals surface area contributed by atoms with Gasteiger partial charge in [0.1, 0.15) is 0 Å². The van der Waals surface area contributed by atoms with E-state index in [-0.39, 0.29) is 18.1 Å². The molecule has 1 rings (SSSR count). The molecule has 14 heavy (non-hydrogen) atoms. The maximum absolute atomic E-state index is 11.5. The fourth-order valence-corrected chi connectivity index (χ4v) is 1.38. The summed E-state index contributed by atoms with van der Waals surface area (Å²) < 4.78 is 7.53. The SMILES string of the molecule is COC(=O)Cc1c(C)n(C)c(=O)n1C. The zero-order chi connectivity index (χ0) is 10.9. The first-order valence-electron chi connectivity index (χ1n) is 4.27. The van der Waals surface area contributed by atoms with Crippen molar-refractivity contribution in [2.75, 3.05) is 7.11 Å². The van der Waals surface area contributed by atoms with Crippen molar-refractivity contribution in [3.05, 3.63) is 21.9 Å². The highest BCUT2D eigenvalue weighted by molar-refractivity contribution is 5.72. The largest absolute Gasteiger partial charge is 0.469 e. The van der Waals surface area contributed by atoms with Gasteiger partial charge < -0.3 is 4.74 Å². The number of esters is 1. The summed E-state index contributed by atoms with van der Waals surface area (Å²) in [6.07, 6.45) is 0.134. The first kappa shape index (κ1) is 10.6. The zero-order valence-corrected chi connectivity index (χ0v) is 8.83. The van der Waals surface area contributed by atoms with Crippen LogP contribution in [-0.4, -0.2) is 22.2 Å². The first-order chi connectivity index (χ1) is 6.49. The van der Waals surface area contributed by atoms with Crippen LogP contribution in [-0.2, 0) is 30.0 Å². The molecule has 78 valence electrons. The molecule has 0 atom stereocenters. The summed E-state index contributed by atoms with van der Waals surface area (Å²) in [5.41, 5.74) is 1.37. The molecule has 0 bridgehead atoms. The van der Waals surface area contributed by atoms with Gasteiger partial charge >= 0.3 is 11.7 Å². The number of hydrogen-bond donors (Lipinski definition) is 0. The van der Waals surface area contributed by atoms with Crippen LogP contribution in [0.25, 0.3) is 0 Å². The third kappa shape index (κ3) is 1.57. The van der Waals surface area contributed by atoms with Gasteiger partial charge in [-0.15, -0.1) is 0 Å². The molecule has 0 N–H and O–H groups in total. The first-order valence-corrected chi connectivity index (χ1v) is 4.27. The highest BCUT2D eigenvalue weighted by atomic mass is 16.5. The second-order valence-corrected chi connectivity index (χ2v) is 3.19. The normalized spacial score (nSPS) is 10.3. The van der Waals surface area contributed by atoms with Crippen molar-refractivity contribution in [3.8, 4) is 0 Å². The molecule has 0 radical (unpaired) electrons. The van der Waals surface area contributed by atoms with Gasteiger partial charge in [-0.05, 0) is 6.92 Å². The summed E-state index contributed by atoms with van der Waals surface area (Å²) >= 11 is 0. The fraction of sp³-hybridized carbons (Fsp3) is 0.556. The second kappa shape index (κ2) is 3.69. The number of nitrogens with zero attached hydrogens (tertiary/aromatic N) is 2. The van der Waals surface area contributed by atoms with Crippen LogP contribution in [0.3, 0.4) is 0 Å². The molecule has 0 fully saturated rings. The van der Waals surface area contributed by atoms with Gasteiger partial charge in [-0.2, -0.15) is 0 Å². The number of imidazole rings is 1. The Kier molecular flexibility index (Phi) is 2.78. The average molecular weight is 198 g/mol. The van der Waals surface area contributed by atoms with Crippen molar-refractivity contribution in [3.63, 3.8) is 0 Å². The Morgan fingerprint density at radius 2 is 1.93 bits per heavy atom. The summed E-state index contributed by atoms with van der Waals surface area (Å²) in [6, 6.07) is 0. The third-order valence-corrected chi connectivity index (χ3v) is 2.44. The van der Waals surface area contributed by atoms with Crippen LogP contribution in [0.1, 0.15) is 11.4 Å². The van der Waals surface area contributed by atoms with E-state index in [4.69, 9.17) is 0 Å². The summed E-state index contributed by atoms with van der Waals surface area (Å²) in [5.74, 6) is -0.339. The lowest BCUT2D eigenvalue weighted by molar-refractivity contribution is -0.139. The summed E-state index contributed by atoms with van der Waals surface area (Å²) in [5, 5.41) is 0. The number of methoxy groups -OCH3 is 1. The molecule has 0 saturated heterocycles. The lowest BCUT2D eigenvalue weighted by Gasteiger charge is -2.01. The van der Waals surface area contributed by atoms with Gasteiger partial charge in [0.25, 0.3) is 0 Å². The van der Waals surface area contributed by atoms with Crippen LogP contribution in [0.5, 0.6) is 0 Å². The molecule has 0 aliphatic carbocycles. The molecule has 0 saturated carbocycles. The monoisotopic (exact) mass is 198 g/mol. The minimum absolute atomic E-state index is 0.124. The molecule has 5 heteroatoms. The molecule has 0 unspecified atom stereocenters. The highest BCUT2D eigenvalue weighted by Gasteiger charge is 2.14. The third-order valence-electron chi connectivity index (χ3n) is 2.44. The number of carbonyl (C=O) groups is 1. The molecule has 1 heterocycles. The highest BCUT2D eigenvalue weighted by Crippen LogP contribution is 2.05. The van der Waals surface area contributed by atoms with E-state index in [1.165, 1.54) is 16.2 Å². The van der Waals surface area contributed by atoms with Crippen LogP contribution >= 0.6 is 0 Å². The van der Waals surface area contributed by atoms with Gasteiger partial charge in [-0.3, -0.25) is 13.9 Å². The lowest BCUT2D eigenvalue weighted by atomic mass is 10.2. The standard InChI is InChI=1S/C9H14N2O3/c1-6-7(5-8(12)14-4)11(3)9(13)10(6)2/h5H2,1-4H3. The van der Waals surface area contributed by atoms with Crippen molar-refractivity contribution >= 4 is 5.97 Å². The predicted molar refractivity (Wildman–Crippen MR) is 51.1 cm³/mol. The molecule has 0 aliphatic heterocycles. The summed E-state index contributed by atoms with van der Waals surface area (Å²) in [4.78, 5) is 22.5. The Hall–Kier alpha value is -1.52. The molecule has 1 aromatic rings. The quantitative estimate of drug-likeness (QED) is 0.616. The van der Waals surface area contributed by atoms with E-state index < -0.39 is 0 Å². The minimum Gasteiger partial charge on any atom is -0.469 e. The topological polar surface area (TPSA) is 53.2 Å². The second-order valence-electron chi connectivity index (χ2n) is 3.19. The van der Waals surface area contributed by atoms with Crippen LogP contribution in [0.15, 0.2) is 4.79 Å². The van der Waals surface area contributed by atoms with Gasteiger partial charge in [0, 0.05) is 19.8 Å². The minimum atomic E-state index is -0.339. The molecule has 0 amide bonds. The molecular weight excluding hydrogens is 184 g/mol. The lowest BCUT2D eigenvalue weighted by Crippen LogP contribution is -2.21. The molecule has 1 aromatic heterocycles. The zero-order valence-electron chi connectivity index (χ0n) is 8.83. The number of aromatic nitrogens is 2. The van der Waals surface area contributed by atoms with Gasteiger partial charge in [0.05, 0.1) is 19.2 Å². The van der Waals surface area contributed by atoms with Crippen molar-refractivity contribution in [2.45, 2.75) is 13.3 Å². The van der Waals surface area contributed by atoms with Gasteiger partial charge in [0.15, 0.2) is 0 Å². The van der Waals surface area contributed by atoms with Gasteiger partial charge in [-0.25, -0.2) is 4.79 Å². The molecule has 0 spiro atoms. The summed E-state index contributed by atoms with van der Waals surface area (Å²) in [6.45, 7) is 1.81. The van der Waals surface area contributed by atoms with E-state index in [9.17, 15) is 9.59 Å². The van der Waals surface area contributed by atoms with E-state index in [2.05, 4.69) is 4.74 Å². The van der Waals surface area contributed by atoms with Crippen LogP contribution in [0.4, 0.5) is 0 Å². The number of hydrogen-bond acceptors (Lipinski definition) is 3. The maximum Gasteiger partial charge on any atom is 0.328 e. The van der Waals surface area contributed by atoms with E-state index in [1.807, 2.05) is 0 Å². The molecular formula is C9H14N2O3.